The Hall–Kier alpha value is -3.41. The molecule has 0 saturated heterocycles. The van der Waals surface area contributed by atoms with Crippen LogP contribution in [0, 0.1) is 0 Å². The Kier molecular flexibility index (Phi) is 4.89. The molecule has 2 N–H and O–H groups in total. The number of aliphatic carboxylic acids is 1. The Labute approximate surface area is 144 Å². The molecule has 3 rings (SSSR count). The third kappa shape index (κ3) is 4.11. The summed E-state index contributed by atoms with van der Waals surface area (Å²) < 4.78 is 1.39. The Morgan fingerprint density at radius 3 is 2.32 bits per heavy atom. The average Bonchev–Trinajstić information content (AvgIpc) is 3.10. The van der Waals surface area contributed by atoms with E-state index in [1.54, 1.807) is 6.07 Å². The third-order valence-electron chi connectivity index (χ3n) is 3.74. The van der Waals surface area contributed by atoms with Gasteiger partial charge < -0.3 is 10.4 Å². The molecule has 1 aromatic heterocycles. The highest BCUT2D eigenvalue weighted by atomic mass is 16.4. The standard InChI is InChI=1S/C19H17N3O3/c23-18(24)11-13-22-17(10-12-20-22)19(25)21-16-8-6-15(7-9-16)14-4-2-1-3-5-14/h1-10,12H,11,13H2,(H,21,25)(H,23,24). The number of anilines is 1. The van der Waals surface area contributed by atoms with Crippen molar-refractivity contribution < 1.29 is 14.7 Å². The molecule has 6 nitrogen and oxygen atoms in total. The molecule has 1 heterocycles. The Morgan fingerprint density at radius 1 is 0.960 bits per heavy atom. The van der Waals surface area contributed by atoms with Crippen molar-refractivity contribution in [1.82, 2.24) is 9.78 Å². The van der Waals surface area contributed by atoms with Gasteiger partial charge in [-0.1, -0.05) is 42.5 Å². The van der Waals surface area contributed by atoms with Crippen molar-refractivity contribution >= 4 is 17.6 Å². The van der Waals surface area contributed by atoms with Gasteiger partial charge in [0.25, 0.3) is 5.91 Å². The fourth-order valence-corrected chi connectivity index (χ4v) is 2.48. The lowest BCUT2D eigenvalue weighted by atomic mass is 10.1. The highest BCUT2D eigenvalue weighted by molar-refractivity contribution is 6.03. The van der Waals surface area contributed by atoms with Crippen molar-refractivity contribution in [2.75, 3.05) is 5.32 Å². The number of nitrogens with zero attached hydrogens (tertiary/aromatic N) is 2. The van der Waals surface area contributed by atoms with Gasteiger partial charge in [0.15, 0.2) is 0 Å². The summed E-state index contributed by atoms with van der Waals surface area (Å²) in [5.74, 6) is -1.26. The Bertz CT molecular complexity index is 870. The number of hydrogen-bond donors (Lipinski definition) is 2. The quantitative estimate of drug-likeness (QED) is 0.724. The summed E-state index contributed by atoms with van der Waals surface area (Å²) in [6.07, 6.45) is 1.39. The predicted molar refractivity (Wildman–Crippen MR) is 94.3 cm³/mol. The van der Waals surface area contributed by atoms with E-state index >= 15 is 0 Å². The average molecular weight is 335 g/mol. The molecule has 0 spiro atoms. The number of carbonyl (C=O) groups excluding carboxylic acids is 1. The first kappa shape index (κ1) is 16.4. The molecule has 0 radical (unpaired) electrons. The highest BCUT2D eigenvalue weighted by Gasteiger charge is 2.13. The summed E-state index contributed by atoms with van der Waals surface area (Å²) in [4.78, 5) is 23.1. The highest BCUT2D eigenvalue weighted by Crippen LogP contribution is 2.21. The third-order valence-corrected chi connectivity index (χ3v) is 3.74. The second kappa shape index (κ2) is 7.44. The number of aryl methyl sites for hydroxylation is 1. The maximum atomic E-state index is 12.4. The molecule has 6 heteroatoms. The Balaban J connectivity index is 1.69. The molecular weight excluding hydrogens is 318 g/mol. The van der Waals surface area contributed by atoms with E-state index < -0.39 is 5.97 Å². The van der Waals surface area contributed by atoms with E-state index in [9.17, 15) is 9.59 Å². The van der Waals surface area contributed by atoms with E-state index in [0.717, 1.165) is 11.1 Å². The minimum Gasteiger partial charge on any atom is -0.481 e. The van der Waals surface area contributed by atoms with Crippen LogP contribution < -0.4 is 5.32 Å². The summed E-state index contributed by atoms with van der Waals surface area (Å²) in [7, 11) is 0. The van der Waals surface area contributed by atoms with Gasteiger partial charge in [-0.15, -0.1) is 0 Å². The molecule has 1 amide bonds. The van der Waals surface area contributed by atoms with Gasteiger partial charge in [-0.3, -0.25) is 14.3 Å². The van der Waals surface area contributed by atoms with Gasteiger partial charge >= 0.3 is 5.97 Å². The molecule has 0 fully saturated rings. The molecule has 3 aromatic rings. The molecule has 0 aliphatic heterocycles. The van der Waals surface area contributed by atoms with E-state index in [2.05, 4.69) is 10.4 Å². The SMILES string of the molecule is O=C(O)CCn1nccc1C(=O)Nc1ccc(-c2ccccc2)cc1. The fourth-order valence-electron chi connectivity index (χ4n) is 2.48. The zero-order valence-electron chi connectivity index (χ0n) is 13.4. The van der Waals surface area contributed by atoms with Crippen molar-refractivity contribution in [3.63, 3.8) is 0 Å². The zero-order chi connectivity index (χ0) is 17.6. The topological polar surface area (TPSA) is 84.2 Å². The van der Waals surface area contributed by atoms with Gasteiger partial charge in [0.05, 0.1) is 13.0 Å². The van der Waals surface area contributed by atoms with Crippen LogP contribution in [0.5, 0.6) is 0 Å². The van der Waals surface area contributed by atoms with Crippen molar-refractivity contribution in [1.29, 1.82) is 0 Å². The molecule has 0 aliphatic carbocycles. The van der Waals surface area contributed by atoms with Gasteiger partial charge in [0.1, 0.15) is 5.69 Å². The van der Waals surface area contributed by atoms with Gasteiger partial charge in [-0.05, 0) is 29.3 Å². The first-order valence-corrected chi connectivity index (χ1v) is 7.84. The molecule has 126 valence electrons. The van der Waals surface area contributed by atoms with Crippen LogP contribution in [0.1, 0.15) is 16.9 Å². The smallest absolute Gasteiger partial charge is 0.305 e. The van der Waals surface area contributed by atoms with Gasteiger partial charge in [-0.25, -0.2) is 0 Å². The number of aromatic nitrogens is 2. The minimum atomic E-state index is -0.932. The van der Waals surface area contributed by atoms with Gasteiger partial charge in [0.2, 0.25) is 0 Å². The number of carboxylic acid groups (broad SMARTS) is 1. The lowest BCUT2D eigenvalue weighted by Crippen LogP contribution is -2.18. The first-order chi connectivity index (χ1) is 12.1. The maximum absolute atomic E-state index is 12.4. The van der Waals surface area contributed by atoms with E-state index in [-0.39, 0.29) is 18.9 Å². The second-order valence-electron chi connectivity index (χ2n) is 5.48. The van der Waals surface area contributed by atoms with Crippen molar-refractivity contribution in [2.45, 2.75) is 13.0 Å². The van der Waals surface area contributed by atoms with Crippen molar-refractivity contribution in [3.05, 3.63) is 72.6 Å². The molecule has 25 heavy (non-hydrogen) atoms. The van der Waals surface area contributed by atoms with E-state index in [1.165, 1.54) is 10.9 Å². The number of benzene rings is 2. The second-order valence-corrected chi connectivity index (χ2v) is 5.48. The first-order valence-electron chi connectivity index (χ1n) is 7.84. The van der Waals surface area contributed by atoms with Crippen molar-refractivity contribution in [2.24, 2.45) is 0 Å². The predicted octanol–water partition coefficient (Wildman–Crippen LogP) is 3.28. The number of hydrogen-bond acceptors (Lipinski definition) is 3. The largest absolute Gasteiger partial charge is 0.481 e. The molecule has 0 aliphatic rings. The molecule has 0 saturated carbocycles. The number of nitrogens with one attached hydrogen (secondary N) is 1. The van der Waals surface area contributed by atoms with Gasteiger partial charge in [0, 0.05) is 11.9 Å². The van der Waals surface area contributed by atoms with Gasteiger partial charge in [-0.2, -0.15) is 5.10 Å². The number of carbonyl (C=O) groups is 2. The summed E-state index contributed by atoms with van der Waals surface area (Å²) in [5.41, 5.74) is 3.15. The summed E-state index contributed by atoms with van der Waals surface area (Å²) in [6, 6.07) is 19.1. The number of carboxylic acids is 1. The van der Waals surface area contributed by atoms with Crippen LogP contribution in [-0.2, 0) is 11.3 Å². The fraction of sp³-hybridized carbons (Fsp3) is 0.105. The lowest BCUT2D eigenvalue weighted by molar-refractivity contribution is -0.137. The minimum absolute atomic E-state index is 0.0896. The monoisotopic (exact) mass is 335 g/mol. The van der Waals surface area contributed by atoms with E-state index in [4.69, 9.17) is 5.11 Å². The van der Waals surface area contributed by atoms with Crippen molar-refractivity contribution in [3.8, 4) is 11.1 Å². The van der Waals surface area contributed by atoms with Crippen LogP contribution in [0.4, 0.5) is 5.69 Å². The van der Waals surface area contributed by atoms with Crippen LogP contribution in [0.25, 0.3) is 11.1 Å². The molecular formula is C19H17N3O3. The summed E-state index contributed by atoms with van der Waals surface area (Å²) in [5, 5.41) is 15.6. The maximum Gasteiger partial charge on any atom is 0.305 e. The normalized spacial score (nSPS) is 10.4. The summed E-state index contributed by atoms with van der Waals surface area (Å²) in [6.45, 7) is 0.151. The van der Waals surface area contributed by atoms with Crippen LogP contribution in [-0.4, -0.2) is 26.8 Å². The van der Waals surface area contributed by atoms with Crippen LogP contribution in [0.15, 0.2) is 66.9 Å². The number of amides is 1. The molecule has 0 atom stereocenters. The Morgan fingerprint density at radius 2 is 1.64 bits per heavy atom. The summed E-state index contributed by atoms with van der Waals surface area (Å²) >= 11 is 0. The van der Waals surface area contributed by atoms with Crippen LogP contribution >= 0.6 is 0 Å². The number of rotatable bonds is 6. The van der Waals surface area contributed by atoms with E-state index in [0.29, 0.717) is 11.4 Å². The lowest BCUT2D eigenvalue weighted by Gasteiger charge is -2.08. The molecule has 0 unspecified atom stereocenters. The zero-order valence-corrected chi connectivity index (χ0v) is 13.4. The van der Waals surface area contributed by atoms with E-state index in [1.807, 2.05) is 54.6 Å². The van der Waals surface area contributed by atoms with Crippen LogP contribution in [0.3, 0.4) is 0 Å². The van der Waals surface area contributed by atoms with Crippen LogP contribution in [0.2, 0.25) is 0 Å². The molecule has 0 bridgehead atoms. The molecule has 2 aromatic carbocycles.